The Hall–Kier alpha value is -1.76. The van der Waals surface area contributed by atoms with Crippen molar-refractivity contribution in [1.82, 2.24) is 14.7 Å². The van der Waals surface area contributed by atoms with E-state index >= 15 is 0 Å². The van der Waals surface area contributed by atoms with Crippen LogP contribution >= 0.6 is 0 Å². The van der Waals surface area contributed by atoms with Crippen LogP contribution in [0, 0.1) is 5.92 Å². The second kappa shape index (κ2) is 6.42. The van der Waals surface area contributed by atoms with Crippen molar-refractivity contribution in [2.75, 3.05) is 41.3 Å². The third-order valence-corrected chi connectivity index (χ3v) is 2.91. The number of urea groups is 1. The van der Waals surface area contributed by atoms with E-state index in [1.807, 2.05) is 19.0 Å². The maximum atomic E-state index is 11.8. The third kappa shape index (κ3) is 3.60. The van der Waals surface area contributed by atoms with Gasteiger partial charge in [-0.05, 0) is 27.1 Å². The summed E-state index contributed by atoms with van der Waals surface area (Å²) in [5.74, 6) is -2.03. The molecule has 0 N–H and O–H groups in total. The van der Waals surface area contributed by atoms with E-state index in [2.05, 4.69) is 4.99 Å². The molecule has 7 nitrogen and oxygen atoms in total. The van der Waals surface area contributed by atoms with Gasteiger partial charge in [0.05, 0.1) is 0 Å². The smallest absolute Gasteiger partial charge is 0.309 e. The molecule has 0 atom stereocenters. The highest BCUT2D eigenvalue weighted by atomic mass is 16.2. The van der Waals surface area contributed by atoms with Crippen LogP contribution in [0.1, 0.15) is 6.42 Å². The molecule has 0 bridgehead atoms. The summed E-state index contributed by atoms with van der Waals surface area (Å²) in [7, 11) is 6.65. The zero-order valence-corrected chi connectivity index (χ0v) is 11.8. The minimum Gasteiger partial charge on any atom is -0.309 e. The molecular formula is C12H20N4O3. The molecule has 1 heterocycles. The normalized spacial score (nSPS) is 18.3. The summed E-state index contributed by atoms with van der Waals surface area (Å²) in [6, 6.07) is -0.604. The average Bonchev–Trinajstić information content (AvgIpc) is 2.37. The number of barbiturate groups is 1. The molecule has 0 radical (unpaired) electrons. The minimum atomic E-state index is -0.980. The maximum absolute atomic E-state index is 11.8. The molecule has 1 aliphatic rings. The van der Waals surface area contributed by atoms with Gasteiger partial charge in [0.1, 0.15) is 0 Å². The Labute approximate surface area is 112 Å². The quantitative estimate of drug-likeness (QED) is 0.389. The van der Waals surface area contributed by atoms with Gasteiger partial charge >= 0.3 is 6.03 Å². The van der Waals surface area contributed by atoms with Gasteiger partial charge in [0.15, 0.2) is 5.92 Å². The van der Waals surface area contributed by atoms with Crippen LogP contribution in [0.3, 0.4) is 0 Å². The van der Waals surface area contributed by atoms with Crippen LogP contribution in [0.5, 0.6) is 0 Å². The third-order valence-electron chi connectivity index (χ3n) is 2.91. The number of amides is 4. The molecule has 106 valence electrons. The lowest BCUT2D eigenvalue weighted by Gasteiger charge is -2.31. The molecule has 0 saturated carbocycles. The number of imide groups is 2. The van der Waals surface area contributed by atoms with Crippen LogP contribution in [0.25, 0.3) is 0 Å². The Balaban J connectivity index is 2.61. The molecule has 0 aromatic carbocycles. The SMILES string of the molecule is CN(C)CCCN=CC1C(=O)N(C)C(=O)N(C)C1=O. The maximum Gasteiger partial charge on any atom is 0.332 e. The number of rotatable bonds is 5. The molecular weight excluding hydrogens is 248 g/mol. The fourth-order valence-electron chi connectivity index (χ4n) is 1.72. The predicted octanol–water partition coefficient (Wildman–Crippen LogP) is -0.324. The summed E-state index contributed by atoms with van der Waals surface area (Å²) in [6.07, 6.45) is 2.20. The fraction of sp³-hybridized carbons (Fsp3) is 0.667. The van der Waals surface area contributed by atoms with E-state index in [1.54, 1.807) is 0 Å². The Kier molecular flexibility index (Phi) is 5.17. The van der Waals surface area contributed by atoms with E-state index in [-0.39, 0.29) is 0 Å². The molecule has 0 spiro atoms. The van der Waals surface area contributed by atoms with Crippen LogP contribution < -0.4 is 0 Å². The van der Waals surface area contributed by atoms with E-state index in [9.17, 15) is 14.4 Å². The summed E-state index contributed by atoms with van der Waals surface area (Å²) in [4.78, 5) is 43.2. The summed E-state index contributed by atoms with van der Waals surface area (Å²) in [5.41, 5.74) is 0. The average molecular weight is 268 g/mol. The largest absolute Gasteiger partial charge is 0.332 e. The van der Waals surface area contributed by atoms with Crippen LogP contribution in [-0.4, -0.2) is 80.0 Å². The molecule has 1 rings (SSSR count). The van der Waals surface area contributed by atoms with Gasteiger partial charge in [0, 0.05) is 26.9 Å². The first kappa shape index (κ1) is 15.3. The molecule has 0 aromatic rings. The lowest BCUT2D eigenvalue weighted by Crippen LogP contribution is -2.57. The van der Waals surface area contributed by atoms with Gasteiger partial charge in [0.25, 0.3) is 0 Å². The highest BCUT2D eigenvalue weighted by Gasteiger charge is 2.41. The number of carbonyl (C=O) groups excluding carboxylic acids is 3. The highest BCUT2D eigenvalue weighted by Crippen LogP contribution is 2.13. The van der Waals surface area contributed by atoms with Crippen LogP contribution in [-0.2, 0) is 9.59 Å². The summed E-state index contributed by atoms with van der Waals surface area (Å²) in [5, 5.41) is 0. The summed E-state index contributed by atoms with van der Waals surface area (Å²) < 4.78 is 0. The van der Waals surface area contributed by atoms with Crippen LogP contribution in [0.2, 0.25) is 0 Å². The summed E-state index contributed by atoms with van der Waals surface area (Å²) >= 11 is 0. The van der Waals surface area contributed by atoms with Gasteiger partial charge in [-0.15, -0.1) is 0 Å². The highest BCUT2D eigenvalue weighted by molar-refractivity contribution is 6.23. The van der Waals surface area contributed by atoms with Crippen molar-refractivity contribution >= 4 is 24.1 Å². The number of carbonyl (C=O) groups is 3. The zero-order valence-electron chi connectivity index (χ0n) is 11.8. The van der Waals surface area contributed by atoms with Crippen molar-refractivity contribution in [2.24, 2.45) is 10.9 Å². The van der Waals surface area contributed by atoms with Crippen LogP contribution in [0.15, 0.2) is 4.99 Å². The number of hydrogen-bond donors (Lipinski definition) is 0. The van der Waals surface area contributed by atoms with Crippen molar-refractivity contribution in [3.05, 3.63) is 0 Å². The molecule has 1 fully saturated rings. The zero-order chi connectivity index (χ0) is 14.6. The molecule has 1 aliphatic heterocycles. The minimum absolute atomic E-state index is 0.524. The molecule has 0 aromatic heterocycles. The predicted molar refractivity (Wildman–Crippen MR) is 71.0 cm³/mol. The van der Waals surface area contributed by atoms with Gasteiger partial charge in [-0.2, -0.15) is 0 Å². The second-order valence-corrected chi connectivity index (χ2v) is 4.77. The first-order valence-electron chi connectivity index (χ1n) is 6.10. The summed E-state index contributed by atoms with van der Waals surface area (Å²) in [6.45, 7) is 1.44. The van der Waals surface area contributed by atoms with Crippen molar-refractivity contribution in [2.45, 2.75) is 6.42 Å². The molecule has 7 heteroatoms. The van der Waals surface area contributed by atoms with Crippen molar-refractivity contribution in [1.29, 1.82) is 0 Å². The number of hydrogen-bond acceptors (Lipinski definition) is 5. The number of aliphatic imine (C=N–C) groups is 1. The van der Waals surface area contributed by atoms with Gasteiger partial charge in [-0.25, -0.2) is 4.79 Å². The first-order chi connectivity index (χ1) is 8.86. The van der Waals surface area contributed by atoms with E-state index in [4.69, 9.17) is 0 Å². The molecule has 19 heavy (non-hydrogen) atoms. The van der Waals surface area contributed by atoms with E-state index in [0.717, 1.165) is 22.8 Å². The molecule has 0 unspecified atom stereocenters. The number of nitrogens with zero attached hydrogens (tertiary/aromatic N) is 4. The monoisotopic (exact) mass is 268 g/mol. The Morgan fingerprint density at radius 3 is 2.16 bits per heavy atom. The Morgan fingerprint density at radius 1 is 1.16 bits per heavy atom. The van der Waals surface area contributed by atoms with Crippen LogP contribution in [0.4, 0.5) is 4.79 Å². The standard InChI is InChI=1S/C12H20N4O3/c1-14(2)7-5-6-13-8-9-10(17)15(3)12(19)16(4)11(9)18/h8-9H,5-7H2,1-4H3. The van der Waals surface area contributed by atoms with Gasteiger partial charge in [0.2, 0.25) is 11.8 Å². The van der Waals surface area contributed by atoms with Gasteiger partial charge < -0.3 is 4.90 Å². The fourth-order valence-corrected chi connectivity index (χ4v) is 1.72. The Bertz CT molecular complexity index is 382. The van der Waals surface area contributed by atoms with E-state index in [1.165, 1.54) is 20.3 Å². The molecule has 4 amide bonds. The lowest BCUT2D eigenvalue weighted by molar-refractivity contribution is -0.144. The Morgan fingerprint density at radius 2 is 1.68 bits per heavy atom. The second-order valence-electron chi connectivity index (χ2n) is 4.77. The van der Waals surface area contributed by atoms with E-state index in [0.29, 0.717) is 6.54 Å². The lowest BCUT2D eigenvalue weighted by atomic mass is 10.1. The van der Waals surface area contributed by atoms with Crippen molar-refractivity contribution in [3.8, 4) is 0 Å². The van der Waals surface area contributed by atoms with E-state index < -0.39 is 23.8 Å². The van der Waals surface area contributed by atoms with Crippen molar-refractivity contribution in [3.63, 3.8) is 0 Å². The van der Waals surface area contributed by atoms with Crippen molar-refractivity contribution < 1.29 is 14.4 Å². The van der Waals surface area contributed by atoms with Gasteiger partial charge in [-0.3, -0.25) is 24.4 Å². The first-order valence-corrected chi connectivity index (χ1v) is 6.10. The molecule has 1 saturated heterocycles. The van der Waals surface area contributed by atoms with Gasteiger partial charge in [-0.1, -0.05) is 0 Å². The topological polar surface area (TPSA) is 73.3 Å². The molecule has 0 aliphatic carbocycles.